The molecule has 0 saturated heterocycles. The number of nitrogens with zero attached hydrogens (tertiary/aromatic N) is 1. The van der Waals surface area contributed by atoms with Gasteiger partial charge in [0.25, 0.3) is 0 Å². The third kappa shape index (κ3) is 6.42. The van der Waals surface area contributed by atoms with Crippen molar-refractivity contribution in [3.8, 4) is 0 Å². The lowest BCUT2D eigenvalue weighted by Gasteiger charge is -2.15. The Morgan fingerprint density at radius 1 is 1.20 bits per heavy atom. The number of fused-ring (bicyclic) bond motifs is 1. The van der Waals surface area contributed by atoms with Crippen LogP contribution in [0.25, 0.3) is 11.0 Å². The fourth-order valence-electron chi connectivity index (χ4n) is 2.94. The van der Waals surface area contributed by atoms with Gasteiger partial charge < -0.3 is 20.2 Å². The number of aliphatic hydroxyl groups is 1. The van der Waals surface area contributed by atoms with Gasteiger partial charge in [-0.2, -0.15) is 0 Å². The van der Waals surface area contributed by atoms with Gasteiger partial charge in [0.15, 0.2) is 5.96 Å². The predicted molar refractivity (Wildman–Crippen MR) is 104 cm³/mol. The molecule has 0 aliphatic heterocycles. The van der Waals surface area contributed by atoms with E-state index in [0.29, 0.717) is 5.92 Å². The Balaban J connectivity index is 1.86. The maximum atomic E-state index is 9.17. The lowest BCUT2D eigenvalue weighted by atomic mass is 10.0. The van der Waals surface area contributed by atoms with E-state index in [1.54, 1.807) is 0 Å². The quantitative estimate of drug-likeness (QED) is 0.456. The van der Waals surface area contributed by atoms with Gasteiger partial charge in [-0.15, -0.1) is 0 Å². The topological polar surface area (TPSA) is 69.8 Å². The van der Waals surface area contributed by atoms with E-state index < -0.39 is 0 Å². The van der Waals surface area contributed by atoms with Crippen molar-refractivity contribution < 1.29 is 9.52 Å². The van der Waals surface area contributed by atoms with E-state index in [1.807, 2.05) is 18.2 Å². The molecule has 0 fully saturated rings. The van der Waals surface area contributed by atoms with Gasteiger partial charge in [0, 0.05) is 38.0 Å². The van der Waals surface area contributed by atoms with Gasteiger partial charge in [-0.25, -0.2) is 0 Å². The van der Waals surface area contributed by atoms with E-state index in [1.165, 1.54) is 0 Å². The van der Waals surface area contributed by atoms with Crippen molar-refractivity contribution in [3.05, 3.63) is 36.1 Å². The number of nitrogens with one attached hydrogen (secondary N) is 2. The van der Waals surface area contributed by atoms with Crippen molar-refractivity contribution in [1.82, 2.24) is 10.6 Å². The maximum Gasteiger partial charge on any atom is 0.191 e. The number of hydrogen-bond donors (Lipinski definition) is 3. The predicted octanol–water partition coefficient (Wildman–Crippen LogP) is 3.33. The van der Waals surface area contributed by atoms with Crippen molar-refractivity contribution in [2.75, 3.05) is 26.2 Å². The van der Waals surface area contributed by atoms with Gasteiger partial charge in [-0.05, 0) is 37.8 Å². The summed E-state index contributed by atoms with van der Waals surface area (Å²) in [6.45, 7) is 6.81. The highest BCUT2D eigenvalue weighted by Gasteiger charge is 2.08. The molecular weight excluding hydrogens is 314 g/mol. The molecule has 0 aliphatic carbocycles. The Hall–Kier alpha value is -2.01. The van der Waals surface area contributed by atoms with Crippen molar-refractivity contribution >= 4 is 16.9 Å². The molecule has 1 aromatic carbocycles. The van der Waals surface area contributed by atoms with Crippen LogP contribution in [-0.4, -0.2) is 37.3 Å². The second-order valence-corrected chi connectivity index (χ2v) is 6.31. The molecular formula is C20H31N3O2. The van der Waals surface area contributed by atoms with E-state index in [-0.39, 0.29) is 6.61 Å². The molecule has 0 amide bonds. The molecule has 2 aromatic rings. The van der Waals surface area contributed by atoms with E-state index in [9.17, 15) is 0 Å². The lowest BCUT2D eigenvalue weighted by molar-refractivity contribution is 0.253. The Bertz CT molecular complexity index is 612. The number of aliphatic hydroxyl groups excluding tert-OH is 1. The minimum absolute atomic E-state index is 0.232. The summed E-state index contributed by atoms with van der Waals surface area (Å²) in [6.07, 6.45) is 3.85. The van der Waals surface area contributed by atoms with Crippen LogP contribution in [0.15, 0.2) is 39.7 Å². The van der Waals surface area contributed by atoms with Gasteiger partial charge in [0.05, 0.1) is 0 Å². The highest BCUT2D eigenvalue weighted by Crippen LogP contribution is 2.18. The van der Waals surface area contributed by atoms with Gasteiger partial charge >= 0.3 is 0 Å². The number of furan rings is 1. The fraction of sp³-hybridized carbons (Fsp3) is 0.550. The van der Waals surface area contributed by atoms with Crippen molar-refractivity contribution in [1.29, 1.82) is 0 Å². The molecule has 2 rings (SSSR count). The first-order valence-electron chi connectivity index (χ1n) is 9.37. The molecule has 0 radical (unpaired) electrons. The Morgan fingerprint density at radius 3 is 2.76 bits per heavy atom. The number of rotatable bonds is 10. The van der Waals surface area contributed by atoms with E-state index in [4.69, 9.17) is 9.52 Å². The smallest absolute Gasteiger partial charge is 0.191 e. The molecule has 1 aromatic heterocycles. The van der Waals surface area contributed by atoms with Crippen LogP contribution in [0.2, 0.25) is 0 Å². The van der Waals surface area contributed by atoms with Crippen LogP contribution in [0, 0.1) is 5.92 Å². The van der Waals surface area contributed by atoms with E-state index >= 15 is 0 Å². The first-order chi connectivity index (χ1) is 12.3. The maximum absolute atomic E-state index is 9.17. The first-order valence-corrected chi connectivity index (χ1v) is 9.37. The lowest BCUT2D eigenvalue weighted by Crippen LogP contribution is -2.38. The number of para-hydroxylation sites is 1. The summed E-state index contributed by atoms with van der Waals surface area (Å²) in [7, 11) is 0. The van der Waals surface area contributed by atoms with Crippen molar-refractivity contribution in [2.24, 2.45) is 10.9 Å². The summed E-state index contributed by atoms with van der Waals surface area (Å²) in [6, 6.07) is 10.2. The number of aliphatic imine (C=N–C) groups is 1. The average molecular weight is 345 g/mol. The molecule has 0 aliphatic rings. The molecule has 0 bridgehead atoms. The van der Waals surface area contributed by atoms with Crippen molar-refractivity contribution in [3.63, 3.8) is 0 Å². The van der Waals surface area contributed by atoms with Gasteiger partial charge in [0.2, 0.25) is 0 Å². The van der Waals surface area contributed by atoms with E-state index in [0.717, 1.165) is 68.0 Å². The van der Waals surface area contributed by atoms with Gasteiger partial charge in [-0.3, -0.25) is 4.99 Å². The molecule has 25 heavy (non-hydrogen) atoms. The second kappa shape index (κ2) is 10.8. The molecule has 138 valence electrons. The largest absolute Gasteiger partial charge is 0.461 e. The third-order valence-electron chi connectivity index (χ3n) is 4.23. The highest BCUT2D eigenvalue weighted by molar-refractivity contribution is 5.80. The van der Waals surface area contributed by atoms with Gasteiger partial charge in [0.1, 0.15) is 11.3 Å². The van der Waals surface area contributed by atoms with Crippen LogP contribution >= 0.6 is 0 Å². The van der Waals surface area contributed by atoms with Crippen molar-refractivity contribution in [2.45, 2.75) is 39.5 Å². The van der Waals surface area contributed by atoms with Gasteiger partial charge in [-0.1, -0.05) is 31.5 Å². The monoisotopic (exact) mass is 345 g/mol. The zero-order chi connectivity index (χ0) is 17.9. The minimum atomic E-state index is 0.232. The summed E-state index contributed by atoms with van der Waals surface area (Å²) in [5.41, 5.74) is 0.935. The molecule has 1 atom stereocenters. The SMILES string of the molecule is CCCC(CCO)CN=C(NCC)NCCc1cc2ccccc2o1. The minimum Gasteiger partial charge on any atom is -0.461 e. The zero-order valence-corrected chi connectivity index (χ0v) is 15.4. The summed E-state index contributed by atoms with van der Waals surface area (Å²) in [5, 5.41) is 17.0. The average Bonchev–Trinajstić information content (AvgIpc) is 3.02. The molecule has 1 unspecified atom stereocenters. The number of guanidine groups is 1. The summed E-state index contributed by atoms with van der Waals surface area (Å²) in [5.74, 6) is 2.26. The normalized spacial score (nSPS) is 13.2. The number of hydrogen-bond acceptors (Lipinski definition) is 3. The van der Waals surface area contributed by atoms with E-state index in [2.05, 4.69) is 41.6 Å². The summed E-state index contributed by atoms with van der Waals surface area (Å²) >= 11 is 0. The Morgan fingerprint density at radius 2 is 2.04 bits per heavy atom. The molecule has 0 saturated carbocycles. The van der Waals surface area contributed by atoms with Crippen LogP contribution in [-0.2, 0) is 6.42 Å². The highest BCUT2D eigenvalue weighted by atomic mass is 16.3. The molecule has 0 spiro atoms. The van der Waals surface area contributed by atoms with Crippen LogP contribution in [0.3, 0.4) is 0 Å². The second-order valence-electron chi connectivity index (χ2n) is 6.31. The standard InChI is InChI=1S/C20H31N3O2/c1-3-7-16(11-13-24)15-23-20(21-4-2)22-12-10-18-14-17-8-5-6-9-19(17)25-18/h5-6,8-9,14,16,24H,3-4,7,10-13,15H2,1-2H3,(H2,21,22,23). The summed E-state index contributed by atoms with van der Waals surface area (Å²) in [4.78, 5) is 4.68. The Kier molecular flexibility index (Phi) is 8.32. The van der Waals surface area contributed by atoms with Crippen LogP contribution in [0.4, 0.5) is 0 Å². The fourth-order valence-corrected chi connectivity index (χ4v) is 2.94. The molecule has 1 heterocycles. The molecule has 5 heteroatoms. The summed E-state index contributed by atoms with van der Waals surface area (Å²) < 4.78 is 5.84. The van der Waals surface area contributed by atoms with Crippen LogP contribution < -0.4 is 10.6 Å². The molecule has 3 N–H and O–H groups in total. The number of benzene rings is 1. The Labute approximate surface area is 150 Å². The van der Waals surface area contributed by atoms with Crippen LogP contribution in [0.5, 0.6) is 0 Å². The zero-order valence-electron chi connectivity index (χ0n) is 15.4. The third-order valence-corrected chi connectivity index (χ3v) is 4.23. The molecule has 5 nitrogen and oxygen atoms in total. The van der Waals surface area contributed by atoms with Crippen LogP contribution in [0.1, 0.15) is 38.9 Å². The first kappa shape index (κ1) is 19.3.